The Morgan fingerprint density at radius 1 is 1.04 bits per heavy atom. The molecular formula is C19H18N2O2. The molecule has 0 aliphatic heterocycles. The third-order valence-corrected chi connectivity index (χ3v) is 3.28. The molecule has 0 saturated heterocycles. The van der Waals surface area contributed by atoms with Crippen LogP contribution in [0.5, 0.6) is 5.75 Å². The molecule has 0 unspecified atom stereocenters. The molecule has 1 amide bonds. The summed E-state index contributed by atoms with van der Waals surface area (Å²) in [5.41, 5.74) is 6.89. The predicted octanol–water partition coefficient (Wildman–Crippen LogP) is 3.26. The van der Waals surface area contributed by atoms with Gasteiger partial charge in [-0.15, -0.1) is 0 Å². The summed E-state index contributed by atoms with van der Waals surface area (Å²) in [6, 6.07) is 20.5. The van der Waals surface area contributed by atoms with Crippen molar-refractivity contribution in [2.24, 2.45) is 5.73 Å². The Morgan fingerprint density at radius 2 is 1.74 bits per heavy atom. The first-order valence-corrected chi connectivity index (χ1v) is 7.14. The highest BCUT2D eigenvalue weighted by atomic mass is 16.3. The number of aromatic hydroxyl groups is 1. The molecule has 4 nitrogen and oxygen atoms in total. The molecule has 0 aliphatic carbocycles. The van der Waals surface area contributed by atoms with E-state index in [1.54, 1.807) is 18.2 Å². The molecule has 3 aromatic rings. The lowest BCUT2D eigenvalue weighted by Gasteiger charge is -2.03. The molecule has 0 atom stereocenters. The first kappa shape index (κ1) is 16.2. The van der Waals surface area contributed by atoms with Gasteiger partial charge in [-0.2, -0.15) is 0 Å². The fraction of sp³-hybridized carbons (Fsp3) is 0.0526. The minimum Gasteiger partial charge on any atom is -0.508 e. The van der Waals surface area contributed by atoms with Crippen LogP contribution in [-0.2, 0) is 11.2 Å². The van der Waals surface area contributed by atoms with Gasteiger partial charge in [0.25, 0.3) is 0 Å². The number of hydrogen-bond acceptors (Lipinski definition) is 3. The van der Waals surface area contributed by atoms with Gasteiger partial charge in [0.05, 0.1) is 6.42 Å². The Hall–Kier alpha value is -3.14. The average molecular weight is 306 g/mol. The number of nitrogens with two attached hydrogens (primary N) is 1. The zero-order valence-corrected chi connectivity index (χ0v) is 12.6. The van der Waals surface area contributed by atoms with Gasteiger partial charge in [0.2, 0.25) is 5.91 Å². The van der Waals surface area contributed by atoms with Gasteiger partial charge < -0.3 is 16.2 Å². The molecule has 0 heterocycles. The molecule has 0 fully saturated rings. The van der Waals surface area contributed by atoms with Gasteiger partial charge in [0.1, 0.15) is 5.75 Å². The number of carbonyl (C=O) groups is 1. The highest BCUT2D eigenvalue weighted by Crippen LogP contribution is 2.18. The summed E-state index contributed by atoms with van der Waals surface area (Å²) in [6.45, 7) is 0. The SMILES string of the molecule is N=Cc1cccc(O)c1.NC(=O)Cc1cccc2ccccc12. The summed E-state index contributed by atoms with van der Waals surface area (Å²) < 4.78 is 0. The Labute approximate surface area is 134 Å². The second-order valence-electron chi connectivity index (χ2n) is 5.02. The number of amides is 1. The zero-order chi connectivity index (χ0) is 16.7. The normalized spacial score (nSPS) is 9.74. The Morgan fingerprint density at radius 3 is 2.39 bits per heavy atom. The van der Waals surface area contributed by atoms with Crippen molar-refractivity contribution in [3.05, 3.63) is 77.9 Å². The van der Waals surface area contributed by atoms with E-state index in [0.29, 0.717) is 6.42 Å². The van der Waals surface area contributed by atoms with Crippen LogP contribution in [-0.4, -0.2) is 17.2 Å². The lowest BCUT2D eigenvalue weighted by Crippen LogP contribution is -2.13. The van der Waals surface area contributed by atoms with Crippen LogP contribution < -0.4 is 5.73 Å². The van der Waals surface area contributed by atoms with E-state index >= 15 is 0 Å². The van der Waals surface area contributed by atoms with Crippen LogP contribution in [0.15, 0.2) is 66.7 Å². The first-order chi connectivity index (χ1) is 11.1. The molecule has 23 heavy (non-hydrogen) atoms. The summed E-state index contributed by atoms with van der Waals surface area (Å²) in [6.07, 6.45) is 1.50. The van der Waals surface area contributed by atoms with E-state index in [1.165, 1.54) is 12.3 Å². The van der Waals surface area contributed by atoms with Crippen molar-refractivity contribution in [2.75, 3.05) is 0 Å². The molecular weight excluding hydrogens is 288 g/mol. The zero-order valence-electron chi connectivity index (χ0n) is 12.6. The van der Waals surface area contributed by atoms with E-state index < -0.39 is 0 Å². The molecule has 116 valence electrons. The first-order valence-electron chi connectivity index (χ1n) is 7.14. The van der Waals surface area contributed by atoms with Crippen LogP contribution in [0.2, 0.25) is 0 Å². The molecule has 3 aromatic carbocycles. The average Bonchev–Trinajstić information content (AvgIpc) is 2.55. The lowest BCUT2D eigenvalue weighted by atomic mass is 10.0. The number of rotatable bonds is 3. The number of phenols is 1. The summed E-state index contributed by atoms with van der Waals surface area (Å²) in [5, 5.41) is 17.9. The second kappa shape index (κ2) is 7.75. The summed E-state index contributed by atoms with van der Waals surface area (Å²) in [4.78, 5) is 10.8. The highest BCUT2D eigenvalue weighted by Gasteiger charge is 2.02. The number of nitrogens with one attached hydrogen (secondary N) is 1. The fourth-order valence-electron chi connectivity index (χ4n) is 2.25. The van der Waals surface area contributed by atoms with Crippen LogP contribution in [0, 0.1) is 5.41 Å². The van der Waals surface area contributed by atoms with Crippen LogP contribution in [0.3, 0.4) is 0 Å². The largest absolute Gasteiger partial charge is 0.508 e. The topological polar surface area (TPSA) is 87.2 Å². The van der Waals surface area contributed by atoms with Gasteiger partial charge in [-0.1, -0.05) is 54.6 Å². The van der Waals surface area contributed by atoms with Gasteiger partial charge >= 0.3 is 0 Å². The number of fused-ring (bicyclic) bond motifs is 1. The summed E-state index contributed by atoms with van der Waals surface area (Å²) >= 11 is 0. The van der Waals surface area contributed by atoms with Crippen molar-refractivity contribution < 1.29 is 9.90 Å². The molecule has 0 spiro atoms. The molecule has 0 saturated carbocycles. The third kappa shape index (κ3) is 4.68. The number of phenolic OH excluding ortho intramolecular Hbond substituents is 1. The standard InChI is InChI=1S/C12H11NO.C7H7NO/c13-12(14)8-10-6-3-5-9-4-1-2-7-11(9)10;8-5-6-2-1-3-7(9)4-6/h1-7H,8H2,(H2,13,14);1-5,8-9H. The fourth-order valence-corrected chi connectivity index (χ4v) is 2.25. The van der Waals surface area contributed by atoms with Gasteiger partial charge in [0.15, 0.2) is 0 Å². The van der Waals surface area contributed by atoms with Crippen LogP contribution in [0.4, 0.5) is 0 Å². The van der Waals surface area contributed by atoms with Gasteiger partial charge in [-0.3, -0.25) is 4.79 Å². The Kier molecular flexibility index (Phi) is 5.47. The minimum absolute atomic E-state index is 0.205. The van der Waals surface area contributed by atoms with Crippen molar-refractivity contribution in [2.45, 2.75) is 6.42 Å². The number of hydrogen-bond donors (Lipinski definition) is 3. The smallest absolute Gasteiger partial charge is 0.221 e. The van der Waals surface area contributed by atoms with Crippen molar-refractivity contribution in [3.8, 4) is 5.75 Å². The molecule has 0 aromatic heterocycles. The second-order valence-corrected chi connectivity index (χ2v) is 5.02. The van der Waals surface area contributed by atoms with E-state index in [-0.39, 0.29) is 11.7 Å². The molecule has 0 bridgehead atoms. The monoisotopic (exact) mass is 306 g/mol. The van der Waals surface area contributed by atoms with Crippen molar-refractivity contribution in [1.29, 1.82) is 5.41 Å². The van der Waals surface area contributed by atoms with Crippen LogP contribution in [0.1, 0.15) is 11.1 Å². The Bertz CT molecular complexity index is 823. The van der Waals surface area contributed by atoms with Crippen molar-refractivity contribution in [3.63, 3.8) is 0 Å². The highest BCUT2D eigenvalue weighted by molar-refractivity contribution is 5.89. The third-order valence-electron chi connectivity index (χ3n) is 3.28. The van der Waals surface area contributed by atoms with E-state index in [9.17, 15) is 4.79 Å². The van der Waals surface area contributed by atoms with Gasteiger partial charge in [-0.05, 0) is 34.0 Å². The number of primary amides is 1. The minimum atomic E-state index is -0.290. The predicted molar refractivity (Wildman–Crippen MR) is 92.8 cm³/mol. The van der Waals surface area contributed by atoms with E-state index in [2.05, 4.69) is 0 Å². The van der Waals surface area contributed by atoms with Crippen LogP contribution in [0.25, 0.3) is 10.8 Å². The van der Waals surface area contributed by atoms with Crippen LogP contribution >= 0.6 is 0 Å². The molecule has 3 rings (SSSR count). The van der Waals surface area contributed by atoms with Gasteiger partial charge in [0, 0.05) is 6.21 Å². The molecule has 0 radical (unpaired) electrons. The van der Waals surface area contributed by atoms with Crippen molar-refractivity contribution >= 4 is 22.9 Å². The summed E-state index contributed by atoms with van der Waals surface area (Å²) in [5.74, 6) is -0.0858. The number of carbonyl (C=O) groups excluding carboxylic acids is 1. The van der Waals surface area contributed by atoms with Gasteiger partial charge in [-0.25, -0.2) is 0 Å². The van der Waals surface area contributed by atoms with Crippen molar-refractivity contribution in [1.82, 2.24) is 0 Å². The summed E-state index contributed by atoms with van der Waals surface area (Å²) in [7, 11) is 0. The van der Waals surface area contributed by atoms with E-state index in [0.717, 1.165) is 21.9 Å². The quantitative estimate of drug-likeness (QED) is 0.649. The maximum atomic E-state index is 10.8. The molecule has 0 aliphatic rings. The maximum absolute atomic E-state index is 10.8. The van der Waals surface area contributed by atoms with E-state index in [1.807, 2.05) is 42.5 Å². The Balaban J connectivity index is 0.000000185. The maximum Gasteiger partial charge on any atom is 0.221 e. The molecule has 4 heteroatoms. The number of benzene rings is 3. The lowest BCUT2D eigenvalue weighted by molar-refractivity contribution is -0.117. The molecule has 4 N–H and O–H groups in total. The van der Waals surface area contributed by atoms with E-state index in [4.69, 9.17) is 16.2 Å².